The maximum Gasteiger partial charge on any atom is 0.0972 e. The van der Waals surface area contributed by atoms with Crippen LogP contribution in [0.2, 0.25) is 0 Å². The third-order valence-electron chi connectivity index (χ3n) is 8.34. The topological polar surface area (TPSA) is 51.6 Å². The Hall–Kier alpha value is -5.74. The number of aromatic nitrogens is 4. The quantitative estimate of drug-likeness (QED) is 0.212. The predicted octanol–water partition coefficient (Wildman–Crippen LogP) is 9.47. The van der Waals surface area contributed by atoms with Crippen LogP contribution in [0.15, 0.2) is 134 Å². The third kappa shape index (κ3) is 3.49. The Morgan fingerprint density at radius 1 is 0.429 bits per heavy atom. The maximum atomic E-state index is 5.27. The van der Waals surface area contributed by atoms with Gasteiger partial charge in [0, 0.05) is 46.1 Å². The van der Waals surface area contributed by atoms with Gasteiger partial charge in [-0.2, -0.15) is 0 Å². The van der Waals surface area contributed by atoms with Crippen LogP contribution in [-0.2, 0) is 0 Å². The number of nitrogens with zero attached hydrogens (tertiary/aromatic N) is 4. The smallest absolute Gasteiger partial charge is 0.0972 e. The van der Waals surface area contributed by atoms with E-state index in [1.165, 1.54) is 32.3 Å². The van der Waals surface area contributed by atoms with Crippen molar-refractivity contribution in [3.05, 3.63) is 134 Å². The number of benzene rings is 5. The summed E-state index contributed by atoms with van der Waals surface area (Å²) in [6.07, 6.45) is 5.43. The first kappa shape index (κ1) is 23.0. The van der Waals surface area contributed by atoms with Gasteiger partial charge in [-0.3, -0.25) is 9.97 Å². The highest BCUT2D eigenvalue weighted by atomic mass is 14.8. The minimum Gasteiger partial charge on any atom is -0.264 e. The van der Waals surface area contributed by atoms with Crippen LogP contribution in [0.5, 0.6) is 0 Å². The third-order valence-corrected chi connectivity index (χ3v) is 8.34. The Kier molecular flexibility index (Phi) is 4.87. The van der Waals surface area contributed by atoms with Gasteiger partial charge in [0.15, 0.2) is 0 Å². The zero-order valence-corrected chi connectivity index (χ0v) is 22.5. The van der Waals surface area contributed by atoms with Crippen molar-refractivity contribution in [3.63, 3.8) is 0 Å². The molecule has 0 amide bonds. The summed E-state index contributed by atoms with van der Waals surface area (Å²) in [5.41, 5.74) is 7.61. The van der Waals surface area contributed by atoms with Gasteiger partial charge in [-0.05, 0) is 68.7 Å². The van der Waals surface area contributed by atoms with Crippen LogP contribution >= 0.6 is 0 Å². The van der Waals surface area contributed by atoms with Gasteiger partial charge in [0.2, 0.25) is 0 Å². The Morgan fingerprint density at radius 3 is 1.88 bits per heavy atom. The zero-order chi connectivity index (χ0) is 27.6. The van der Waals surface area contributed by atoms with Crippen LogP contribution in [0.1, 0.15) is 0 Å². The summed E-state index contributed by atoms with van der Waals surface area (Å²) in [5.74, 6) is 0. The summed E-state index contributed by atoms with van der Waals surface area (Å²) in [6.45, 7) is 0. The molecule has 0 saturated carbocycles. The van der Waals surface area contributed by atoms with Crippen molar-refractivity contribution in [2.24, 2.45) is 0 Å². The second-order valence-corrected chi connectivity index (χ2v) is 10.7. The Balaban J connectivity index is 1.24. The van der Waals surface area contributed by atoms with Gasteiger partial charge in [-0.25, -0.2) is 9.97 Å². The lowest BCUT2D eigenvalue weighted by Crippen LogP contribution is -1.93. The molecule has 0 atom stereocenters. The monoisotopic (exact) mass is 534 g/mol. The van der Waals surface area contributed by atoms with Crippen LogP contribution in [-0.4, -0.2) is 19.9 Å². The lowest BCUT2D eigenvalue weighted by molar-refractivity contribution is 1.27. The molecule has 0 unspecified atom stereocenters. The first-order valence-corrected chi connectivity index (χ1v) is 14.0. The molecule has 4 aromatic heterocycles. The lowest BCUT2D eigenvalue weighted by Gasteiger charge is -2.14. The maximum absolute atomic E-state index is 5.27. The highest BCUT2D eigenvalue weighted by Gasteiger charge is 2.14. The first-order valence-electron chi connectivity index (χ1n) is 14.0. The van der Waals surface area contributed by atoms with Crippen molar-refractivity contribution >= 4 is 54.1 Å². The van der Waals surface area contributed by atoms with Crippen LogP contribution in [0, 0.1) is 0 Å². The second kappa shape index (κ2) is 8.88. The van der Waals surface area contributed by atoms with E-state index < -0.39 is 0 Å². The van der Waals surface area contributed by atoms with Crippen molar-refractivity contribution in [3.8, 4) is 33.8 Å². The predicted molar refractivity (Wildman–Crippen MR) is 173 cm³/mol. The molecule has 194 valence electrons. The number of fused-ring (bicyclic) bond motifs is 3. The summed E-state index contributed by atoms with van der Waals surface area (Å²) in [4.78, 5) is 19.3. The average Bonchev–Trinajstić information content (AvgIpc) is 3.07. The van der Waals surface area contributed by atoms with E-state index in [2.05, 4.69) is 107 Å². The summed E-state index contributed by atoms with van der Waals surface area (Å²) in [7, 11) is 0. The Labute approximate surface area is 241 Å². The number of rotatable bonds is 3. The molecule has 4 heterocycles. The second-order valence-electron chi connectivity index (χ2n) is 10.7. The van der Waals surface area contributed by atoms with Crippen molar-refractivity contribution in [2.45, 2.75) is 0 Å². The van der Waals surface area contributed by atoms with Gasteiger partial charge in [-0.15, -0.1) is 0 Å². The summed E-state index contributed by atoms with van der Waals surface area (Å²) < 4.78 is 0. The number of hydrogen-bond acceptors (Lipinski definition) is 4. The molecular weight excluding hydrogens is 512 g/mol. The van der Waals surface area contributed by atoms with Crippen LogP contribution in [0.25, 0.3) is 87.9 Å². The highest BCUT2D eigenvalue weighted by molar-refractivity contribution is 6.25. The summed E-state index contributed by atoms with van der Waals surface area (Å²) in [6, 6.07) is 40.6. The molecule has 0 N–H and O–H groups in total. The fraction of sp³-hybridized carbons (Fsp3) is 0. The van der Waals surface area contributed by atoms with E-state index in [0.29, 0.717) is 0 Å². The molecule has 0 radical (unpaired) electrons. The molecular formula is C38H22N4. The molecule has 0 aliphatic rings. The average molecular weight is 535 g/mol. The van der Waals surface area contributed by atoms with Crippen molar-refractivity contribution in [1.82, 2.24) is 19.9 Å². The molecule has 9 rings (SSSR count). The van der Waals surface area contributed by atoms with E-state index in [1.54, 1.807) is 6.20 Å². The van der Waals surface area contributed by atoms with E-state index in [-0.39, 0.29) is 0 Å². The van der Waals surface area contributed by atoms with E-state index in [0.717, 1.165) is 55.6 Å². The minimum atomic E-state index is 0.870. The van der Waals surface area contributed by atoms with Crippen molar-refractivity contribution in [2.75, 3.05) is 0 Å². The van der Waals surface area contributed by atoms with E-state index in [9.17, 15) is 0 Å². The zero-order valence-electron chi connectivity index (χ0n) is 22.5. The summed E-state index contributed by atoms with van der Waals surface area (Å²) in [5, 5.41) is 9.74. The van der Waals surface area contributed by atoms with Crippen molar-refractivity contribution in [1.29, 1.82) is 0 Å². The number of hydrogen-bond donors (Lipinski definition) is 0. The fourth-order valence-electron chi connectivity index (χ4n) is 6.30. The molecule has 0 fully saturated rings. The molecule has 5 aromatic carbocycles. The molecule has 0 aliphatic carbocycles. The van der Waals surface area contributed by atoms with Crippen LogP contribution in [0.4, 0.5) is 0 Å². The molecule has 0 aliphatic heterocycles. The molecule has 0 bridgehead atoms. The lowest BCUT2D eigenvalue weighted by atomic mass is 9.91. The minimum absolute atomic E-state index is 0.870. The van der Waals surface area contributed by atoms with Gasteiger partial charge in [0.05, 0.1) is 28.1 Å². The van der Waals surface area contributed by atoms with Crippen LogP contribution in [0.3, 0.4) is 0 Å². The molecule has 42 heavy (non-hydrogen) atoms. The van der Waals surface area contributed by atoms with Gasteiger partial charge in [0.25, 0.3) is 0 Å². The van der Waals surface area contributed by atoms with Gasteiger partial charge in [-0.1, -0.05) is 78.9 Å². The highest BCUT2D eigenvalue weighted by Crippen LogP contribution is 2.39. The largest absolute Gasteiger partial charge is 0.264 e. The summed E-state index contributed by atoms with van der Waals surface area (Å²) >= 11 is 0. The molecule has 0 saturated heterocycles. The van der Waals surface area contributed by atoms with Gasteiger partial charge in [0.1, 0.15) is 0 Å². The molecule has 9 aromatic rings. The molecule has 4 heteroatoms. The number of pyridine rings is 4. The van der Waals surface area contributed by atoms with Crippen molar-refractivity contribution < 1.29 is 0 Å². The van der Waals surface area contributed by atoms with E-state index >= 15 is 0 Å². The van der Waals surface area contributed by atoms with Gasteiger partial charge < -0.3 is 0 Å². The fourth-order valence-corrected chi connectivity index (χ4v) is 6.30. The Bertz CT molecular complexity index is 2450. The standard InChI is InChI=1S/C38H22N4/c1-3-23-6-7-25-10-14-30(31-15-11-24(4-1)35(23)36(25)31)33-17-13-27-9-8-26-12-16-32(41-37(26)38(27)42-33)28-18-20-40-34(21-28)29-5-2-19-39-22-29/h1-22H. The molecule has 0 spiro atoms. The first-order chi connectivity index (χ1) is 20.8. The van der Waals surface area contributed by atoms with E-state index in [4.69, 9.17) is 9.97 Å². The normalized spacial score (nSPS) is 11.8. The molecule has 4 nitrogen and oxygen atoms in total. The SMILES string of the molecule is c1cncc(-c2cc(-c3ccc4ccc5ccc(-c6ccc7ccc8cccc9ccc6c7c89)nc5c4n3)ccn2)c1. The van der Waals surface area contributed by atoms with Gasteiger partial charge >= 0.3 is 0 Å². The Morgan fingerprint density at radius 2 is 1.10 bits per heavy atom. The van der Waals surface area contributed by atoms with Crippen LogP contribution < -0.4 is 0 Å². The van der Waals surface area contributed by atoms with E-state index in [1.807, 2.05) is 30.6 Å².